The molecule has 2 aromatic carbocycles. The summed E-state index contributed by atoms with van der Waals surface area (Å²) in [7, 11) is 0. The number of rotatable bonds is 11. The minimum absolute atomic E-state index is 0.0263. The smallest absolute Gasteiger partial charge is 0.237 e. The molecule has 3 aromatic rings. The minimum Gasteiger partial charge on any atom is -0.464 e. The van der Waals surface area contributed by atoms with Crippen LogP contribution < -0.4 is 0 Å². The molecule has 0 aliphatic heterocycles. The zero-order chi connectivity index (χ0) is 23.8. The molecule has 33 heavy (non-hydrogen) atoms. The van der Waals surface area contributed by atoms with Crippen LogP contribution in [0.3, 0.4) is 0 Å². The number of aryl methyl sites for hydroxylation is 1. The van der Waals surface area contributed by atoms with Crippen molar-refractivity contribution in [1.29, 1.82) is 0 Å². The first-order chi connectivity index (χ1) is 15.9. The van der Waals surface area contributed by atoms with Crippen LogP contribution in [-0.4, -0.2) is 34.8 Å². The molecule has 0 aliphatic rings. The van der Waals surface area contributed by atoms with E-state index in [-0.39, 0.29) is 30.6 Å². The second kappa shape index (κ2) is 11.8. The van der Waals surface area contributed by atoms with Gasteiger partial charge < -0.3 is 9.32 Å². The molecule has 0 aliphatic carbocycles. The van der Waals surface area contributed by atoms with E-state index >= 15 is 0 Å². The normalized spacial score (nSPS) is 12.2. The Morgan fingerprint density at radius 3 is 2.42 bits per heavy atom. The molecule has 176 valence electrons. The van der Waals surface area contributed by atoms with Crippen molar-refractivity contribution in [2.24, 2.45) is 0 Å². The molecule has 1 amide bonds. The number of nitrogens with zero attached hydrogens (tertiary/aromatic N) is 2. The van der Waals surface area contributed by atoms with Crippen LogP contribution in [-0.2, 0) is 24.3 Å². The van der Waals surface area contributed by atoms with Crippen LogP contribution >= 0.6 is 0 Å². The van der Waals surface area contributed by atoms with Gasteiger partial charge in [-0.05, 0) is 50.5 Å². The van der Waals surface area contributed by atoms with Gasteiger partial charge >= 0.3 is 0 Å². The highest BCUT2D eigenvalue weighted by molar-refractivity contribution is 5.78. The maximum Gasteiger partial charge on any atom is 0.237 e. The maximum atomic E-state index is 14.3. The second-order valence-corrected chi connectivity index (χ2v) is 8.44. The van der Waals surface area contributed by atoms with Crippen molar-refractivity contribution >= 4 is 5.91 Å². The van der Waals surface area contributed by atoms with Crippen molar-refractivity contribution < 1.29 is 18.0 Å². The van der Waals surface area contributed by atoms with Crippen molar-refractivity contribution in [1.82, 2.24) is 9.80 Å². The summed E-state index contributed by atoms with van der Waals surface area (Å²) in [5, 5.41) is 0. The third-order valence-electron chi connectivity index (χ3n) is 5.97. The molecule has 1 aromatic heterocycles. The van der Waals surface area contributed by atoms with Gasteiger partial charge in [0.15, 0.2) is 11.6 Å². The molecule has 6 heteroatoms. The van der Waals surface area contributed by atoms with Gasteiger partial charge in [-0.2, -0.15) is 0 Å². The van der Waals surface area contributed by atoms with Crippen molar-refractivity contribution in [3.05, 3.63) is 94.9 Å². The van der Waals surface area contributed by atoms with Gasteiger partial charge in [0.2, 0.25) is 5.91 Å². The van der Waals surface area contributed by atoms with Gasteiger partial charge in [0.1, 0.15) is 11.5 Å². The number of benzene rings is 2. The number of carbonyl (C=O) groups excluding carboxylic acids is 1. The standard InChI is InChI=1S/C27H32F2N2O2/c1-4-20(2)31(17-23-11-8-12-25(28)27(23)29)19-26(32)30(18-24-14-13-21(3)33-24)16-15-22-9-6-5-7-10-22/h5-14,20H,4,15-19H2,1-3H3. The lowest BCUT2D eigenvalue weighted by molar-refractivity contribution is -0.134. The van der Waals surface area contributed by atoms with Gasteiger partial charge in [-0.3, -0.25) is 9.69 Å². The molecule has 1 unspecified atom stereocenters. The molecule has 0 saturated heterocycles. The predicted molar refractivity (Wildman–Crippen MR) is 126 cm³/mol. The molecular weight excluding hydrogens is 422 g/mol. The number of hydrogen-bond donors (Lipinski definition) is 0. The van der Waals surface area contributed by atoms with Gasteiger partial charge in [0.05, 0.1) is 13.1 Å². The average molecular weight is 455 g/mol. The Morgan fingerprint density at radius 1 is 1.00 bits per heavy atom. The molecule has 3 rings (SSSR count). The fourth-order valence-corrected chi connectivity index (χ4v) is 3.75. The molecule has 0 saturated carbocycles. The summed E-state index contributed by atoms with van der Waals surface area (Å²) in [5.74, 6) is -0.286. The summed E-state index contributed by atoms with van der Waals surface area (Å²) in [6, 6.07) is 18.0. The van der Waals surface area contributed by atoms with Crippen LogP contribution in [0, 0.1) is 18.6 Å². The van der Waals surface area contributed by atoms with E-state index in [1.165, 1.54) is 6.07 Å². The van der Waals surface area contributed by atoms with Crippen molar-refractivity contribution in [2.45, 2.75) is 52.7 Å². The summed E-state index contributed by atoms with van der Waals surface area (Å²) in [4.78, 5) is 17.1. The first-order valence-corrected chi connectivity index (χ1v) is 11.4. The molecule has 1 atom stereocenters. The SMILES string of the molecule is CCC(C)N(CC(=O)N(CCc1ccccc1)Cc1ccc(C)o1)Cc1cccc(F)c1F. The van der Waals surface area contributed by atoms with E-state index in [4.69, 9.17) is 4.42 Å². The van der Waals surface area contributed by atoms with Crippen LogP contribution in [0.5, 0.6) is 0 Å². The number of hydrogen-bond acceptors (Lipinski definition) is 3. The van der Waals surface area contributed by atoms with Crippen LogP contribution in [0.1, 0.15) is 42.9 Å². The van der Waals surface area contributed by atoms with Crippen LogP contribution in [0.15, 0.2) is 65.1 Å². The maximum absolute atomic E-state index is 14.3. The monoisotopic (exact) mass is 454 g/mol. The van der Waals surface area contributed by atoms with Gasteiger partial charge in [-0.15, -0.1) is 0 Å². The fourth-order valence-electron chi connectivity index (χ4n) is 3.75. The highest BCUT2D eigenvalue weighted by atomic mass is 19.2. The quantitative estimate of drug-likeness (QED) is 0.371. The highest BCUT2D eigenvalue weighted by Gasteiger charge is 2.23. The third kappa shape index (κ3) is 6.99. The first-order valence-electron chi connectivity index (χ1n) is 11.4. The third-order valence-corrected chi connectivity index (χ3v) is 5.97. The Balaban J connectivity index is 1.76. The van der Waals surface area contributed by atoms with Crippen molar-refractivity contribution in [3.8, 4) is 0 Å². The highest BCUT2D eigenvalue weighted by Crippen LogP contribution is 2.18. The molecule has 0 spiro atoms. The molecule has 1 heterocycles. The molecule has 4 nitrogen and oxygen atoms in total. The van der Waals surface area contributed by atoms with Gasteiger partial charge in [-0.1, -0.05) is 49.4 Å². The topological polar surface area (TPSA) is 36.7 Å². The summed E-state index contributed by atoms with van der Waals surface area (Å²) in [6.07, 6.45) is 1.50. The first kappa shape index (κ1) is 24.6. The lowest BCUT2D eigenvalue weighted by Crippen LogP contribution is -2.43. The number of carbonyl (C=O) groups is 1. The number of amides is 1. The predicted octanol–water partition coefficient (Wildman–Crippen LogP) is 5.74. The second-order valence-electron chi connectivity index (χ2n) is 8.44. The van der Waals surface area contributed by atoms with Gasteiger partial charge in [0.25, 0.3) is 0 Å². The zero-order valence-electron chi connectivity index (χ0n) is 19.6. The van der Waals surface area contributed by atoms with Crippen molar-refractivity contribution in [3.63, 3.8) is 0 Å². The molecule has 0 N–H and O–H groups in total. The molecule has 0 bridgehead atoms. The van der Waals surface area contributed by atoms with Crippen LogP contribution in [0.25, 0.3) is 0 Å². The van der Waals surface area contributed by atoms with Crippen molar-refractivity contribution in [2.75, 3.05) is 13.1 Å². The van der Waals surface area contributed by atoms with E-state index in [2.05, 4.69) is 0 Å². The number of furan rings is 1. The van der Waals surface area contributed by atoms with E-state index in [0.717, 1.165) is 29.6 Å². The van der Waals surface area contributed by atoms with E-state index in [1.54, 1.807) is 11.0 Å². The molecular formula is C27H32F2N2O2. The Kier molecular flexibility index (Phi) is 8.78. The Hall–Kier alpha value is -2.99. The van der Waals surface area contributed by atoms with Crippen LogP contribution in [0.2, 0.25) is 0 Å². The average Bonchev–Trinajstić information content (AvgIpc) is 3.23. The van der Waals surface area contributed by atoms with E-state index < -0.39 is 11.6 Å². The fraction of sp³-hybridized carbons (Fsp3) is 0.370. The van der Waals surface area contributed by atoms with Gasteiger partial charge in [-0.25, -0.2) is 8.78 Å². The Morgan fingerprint density at radius 2 is 1.76 bits per heavy atom. The Labute approximate surface area is 194 Å². The molecule has 0 fully saturated rings. The lowest BCUT2D eigenvalue weighted by Gasteiger charge is -2.31. The lowest BCUT2D eigenvalue weighted by atomic mass is 10.1. The van der Waals surface area contributed by atoms with Crippen LogP contribution in [0.4, 0.5) is 8.78 Å². The van der Waals surface area contributed by atoms with Gasteiger partial charge in [0, 0.05) is 24.7 Å². The Bertz CT molecular complexity index is 1040. The van der Waals surface area contributed by atoms with E-state index in [0.29, 0.717) is 19.5 Å². The number of halogens is 2. The summed E-state index contributed by atoms with van der Waals surface area (Å²) in [5.41, 5.74) is 1.40. The summed E-state index contributed by atoms with van der Waals surface area (Å²) >= 11 is 0. The minimum atomic E-state index is -0.874. The van der Waals surface area contributed by atoms with E-state index in [9.17, 15) is 13.6 Å². The largest absolute Gasteiger partial charge is 0.464 e. The summed E-state index contributed by atoms with van der Waals surface area (Å²) in [6.45, 7) is 7.05. The van der Waals surface area contributed by atoms with E-state index in [1.807, 2.05) is 68.1 Å². The summed E-state index contributed by atoms with van der Waals surface area (Å²) < 4.78 is 33.8. The zero-order valence-corrected chi connectivity index (χ0v) is 19.6. The molecule has 0 radical (unpaired) electrons.